The van der Waals surface area contributed by atoms with E-state index in [1.807, 2.05) is 19.1 Å². The normalized spacial score (nSPS) is 14.2. The number of sulfonamides is 1. The van der Waals surface area contributed by atoms with Gasteiger partial charge in [-0.2, -0.15) is 0 Å². The van der Waals surface area contributed by atoms with Crippen LogP contribution in [0.15, 0.2) is 41.6 Å². The van der Waals surface area contributed by atoms with Crippen molar-refractivity contribution >= 4 is 21.4 Å². The van der Waals surface area contributed by atoms with Gasteiger partial charge in [-0.3, -0.25) is 4.98 Å². The standard InChI is InChI=1S/C19H20N4O3S2/c1-12-19(27-18(21-12)9-15-10-20-11-17(22-15)26-2)13-3-7-16(8-4-13)28(24,25)23-14-5-6-14/h3-4,7-8,10-11,14,23H,5-6,9H2,1-2H3. The zero-order valence-corrected chi connectivity index (χ0v) is 17.2. The van der Waals surface area contributed by atoms with Gasteiger partial charge in [0, 0.05) is 18.7 Å². The summed E-state index contributed by atoms with van der Waals surface area (Å²) in [6.45, 7) is 1.95. The molecule has 0 aliphatic heterocycles. The van der Waals surface area contributed by atoms with Gasteiger partial charge in [0.05, 0.1) is 39.5 Å². The maximum atomic E-state index is 12.3. The highest BCUT2D eigenvalue weighted by Crippen LogP contribution is 2.32. The number of rotatable bonds is 7. The average Bonchev–Trinajstić information content (AvgIpc) is 3.41. The number of hydrogen-bond donors (Lipinski definition) is 1. The molecule has 0 bridgehead atoms. The van der Waals surface area contributed by atoms with Crippen LogP contribution in [-0.2, 0) is 16.4 Å². The van der Waals surface area contributed by atoms with E-state index in [-0.39, 0.29) is 10.9 Å². The van der Waals surface area contributed by atoms with E-state index in [1.165, 1.54) is 0 Å². The number of hydrogen-bond acceptors (Lipinski definition) is 7. The van der Waals surface area contributed by atoms with Gasteiger partial charge in [-0.1, -0.05) is 12.1 Å². The van der Waals surface area contributed by atoms with Gasteiger partial charge in [0.2, 0.25) is 15.9 Å². The van der Waals surface area contributed by atoms with Crippen molar-refractivity contribution in [3.63, 3.8) is 0 Å². The number of nitrogens with zero attached hydrogens (tertiary/aromatic N) is 3. The Balaban J connectivity index is 1.54. The summed E-state index contributed by atoms with van der Waals surface area (Å²) in [6, 6.07) is 7.04. The molecule has 3 aromatic rings. The smallest absolute Gasteiger partial charge is 0.240 e. The van der Waals surface area contributed by atoms with Crippen LogP contribution in [0.5, 0.6) is 5.88 Å². The Bertz CT molecular complexity index is 1090. The molecule has 4 rings (SSSR count). The van der Waals surface area contributed by atoms with Crippen molar-refractivity contribution < 1.29 is 13.2 Å². The molecule has 0 amide bonds. The van der Waals surface area contributed by atoms with E-state index in [4.69, 9.17) is 4.74 Å². The van der Waals surface area contributed by atoms with E-state index in [9.17, 15) is 8.42 Å². The lowest BCUT2D eigenvalue weighted by Crippen LogP contribution is -2.25. The van der Waals surface area contributed by atoms with Crippen molar-refractivity contribution in [2.75, 3.05) is 7.11 Å². The van der Waals surface area contributed by atoms with Gasteiger partial charge in [-0.05, 0) is 37.5 Å². The van der Waals surface area contributed by atoms with Gasteiger partial charge in [0.15, 0.2) is 0 Å². The van der Waals surface area contributed by atoms with Crippen LogP contribution in [0.4, 0.5) is 0 Å². The molecule has 0 radical (unpaired) electrons. The minimum atomic E-state index is -3.44. The number of methoxy groups -OCH3 is 1. The minimum absolute atomic E-state index is 0.0932. The summed E-state index contributed by atoms with van der Waals surface area (Å²) in [5, 5.41) is 0.919. The van der Waals surface area contributed by atoms with Crippen LogP contribution in [0.2, 0.25) is 0 Å². The van der Waals surface area contributed by atoms with Crippen LogP contribution < -0.4 is 9.46 Å². The van der Waals surface area contributed by atoms with E-state index in [0.29, 0.717) is 12.3 Å². The summed E-state index contributed by atoms with van der Waals surface area (Å²) >= 11 is 1.57. The molecule has 1 aliphatic carbocycles. The summed E-state index contributed by atoms with van der Waals surface area (Å²) in [4.78, 5) is 14.4. The Morgan fingerprint density at radius 1 is 1.18 bits per heavy atom. The molecule has 2 heterocycles. The van der Waals surface area contributed by atoms with Crippen molar-refractivity contribution in [1.29, 1.82) is 0 Å². The Hall–Kier alpha value is -2.36. The second kappa shape index (κ2) is 7.57. The third-order valence-corrected chi connectivity index (χ3v) is 7.11. The molecular formula is C19H20N4O3S2. The van der Waals surface area contributed by atoms with Gasteiger partial charge in [-0.15, -0.1) is 11.3 Å². The second-order valence-corrected chi connectivity index (χ2v) is 9.47. The fourth-order valence-electron chi connectivity index (χ4n) is 2.79. The molecule has 1 saturated carbocycles. The second-order valence-electron chi connectivity index (χ2n) is 6.67. The summed E-state index contributed by atoms with van der Waals surface area (Å²) in [7, 11) is -1.88. The summed E-state index contributed by atoms with van der Waals surface area (Å²) < 4.78 is 32.4. The van der Waals surface area contributed by atoms with Crippen molar-refractivity contribution in [3.05, 3.63) is 53.1 Å². The zero-order chi connectivity index (χ0) is 19.7. The van der Waals surface area contributed by atoms with Crippen LogP contribution in [0.1, 0.15) is 29.2 Å². The highest BCUT2D eigenvalue weighted by Gasteiger charge is 2.27. The SMILES string of the molecule is COc1cncc(Cc2nc(C)c(-c3ccc(S(=O)(=O)NC4CC4)cc3)s2)n1. The first-order chi connectivity index (χ1) is 13.4. The van der Waals surface area contributed by atoms with Crippen molar-refractivity contribution in [2.45, 2.75) is 37.1 Å². The van der Waals surface area contributed by atoms with Gasteiger partial charge in [0.25, 0.3) is 0 Å². The molecule has 0 saturated heterocycles. The molecule has 0 atom stereocenters. The lowest BCUT2D eigenvalue weighted by atomic mass is 10.2. The molecule has 9 heteroatoms. The predicted molar refractivity (Wildman–Crippen MR) is 107 cm³/mol. The Labute approximate surface area is 167 Å². The fraction of sp³-hybridized carbons (Fsp3) is 0.316. The first-order valence-electron chi connectivity index (χ1n) is 8.88. The third-order valence-electron chi connectivity index (χ3n) is 4.37. The van der Waals surface area contributed by atoms with E-state index in [0.717, 1.165) is 39.7 Å². The van der Waals surface area contributed by atoms with E-state index in [2.05, 4.69) is 19.7 Å². The number of benzene rings is 1. The monoisotopic (exact) mass is 416 g/mol. The quantitative estimate of drug-likeness (QED) is 0.636. The Morgan fingerprint density at radius 2 is 1.93 bits per heavy atom. The largest absolute Gasteiger partial charge is 0.480 e. The van der Waals surface area contributed by atoms with Crippen LogP contribution >= 0.6 is 11.3 Å². The van der Waals surface area contributed by atoms with Crippen LogP contribution in [0.25, 0.3) is 10.4 Å². The molecule has 1 aromatic carbocycles. The molecule has 2 aromatic heterocycles. The Kier molecular flexibility index (Phi) is 5.13. The first-order valence-corrected chi connectivity index (χ1v) is 11.2. The molecule has 1 fully saturated rings. The summed E-state index contributed by atoms with van der Waals surface area (Å²) in [5.74, 6) is 0.475. The molecular weight excluding hydrogens is 396 g/mol. The number of thiazole rings is 1. The molecule has 0 spiro atoms. The molecule has 0 unspecified atom stereocenters. The highest BCUT2D eigenvalue weighted by molar-refractivity contribution is 7.89. The average molecular weight is 417 g/mol. The van der Waals surface area contributed by atoms with Crippen LogP contribution in [0.3, 0.4) is 0 Å². The van der Waals surface area contributed by atoms with E-state index < -0.39 is 10.0 Å². The summed E-state index contributed by atoms with van der Waals surface area (Å²) in [6.07, 6.45) is 5.66. The number of nitrogens with one attached hydrogen (secondary N) is 1. The minimum Gasteiger partial charge on any atom is -0.480 e. The molecule has 1 aliphatic rings. The predicted octanol–water partition coefficient (Wildman–Crippen LogP) is 2.95. The highest BCUT2D eigenvalue weighted by atomic mass is 32.2. The zero-order valence-electron chi connectivity index (χ0n) is 15.5. The van der Waals surface area contributed by atoms with Crippen molar-refractivity contribution in [2.24, 2.45) is 0 Å². The fourth-order valence-corrected chi connectivity index (χ4v) is 5.19. The van der Waals surface area contributed by atoms with Crippen molar-refractivity contribution in [3.8, 4) is 16.3 Å². The van der Waals surface area contributed by atoms with Gasteiger partial charge < -0.3 is 4.74 Å². The maximum absolute atomic E-state index is 12.3. The third kappa shape index (κ3) is 4.21. The number of aryl methyl sites for hydroxylation is 1. The first kappa shape index (κ1) is 19.0. The van der Waals surface area contributed by atoms with Gasteiger partial charge >= 0.3 is 0 Å². The topological polar surface area (TPSA) is 94.1 Å². The van der Waals surface area contributed by atoms with Gasteiger partial charge in [0.1, 0.15) is 0 Å². The van der Waals surface area contributed by atoms with Crippen LogP contribution in [0, 0.1) is 6.92 Å². The number of aromatic nitrogens is 3. The molecule has 28 heavy (non-hydrogen) atoms. The van der Waals surface area contributed by atoms with E-state index in [1.54, 1.807) is 43.0 Å². The number of ether oxygens (including phenoxy) is 1. The lowest BCUT2D eigenvalue weighted by Gasteiger charge is -2.06. The lowest BCUT2D eigenvalue weighted by molar-refractivity contribution is 0.394. The van der Waals surface area contributed by atoms with Gasteiger partial charge in [-0.25, -0.2) is 23.1 Å². The van der Waals surface area contributed by atoms with Crippen molar-refractivity contribution in [1.82, 2.24) is 19.7 Å². The Morgan fingerprint density at radius 3 is 2.61 bits per heavy atom. The molecule has 146 valence electrons. The molecule has 1 N–H and O–H groups in total. The van der Waals surface area contributed by atoms with E-state index >= 15 is 0 Å². The maximum Gasteiger partial charge on any atom is 0.240 e. The molecule has 7 nitrogen and oxygen atoms in total. The van der Waals surface area contributed by atoms with Crippen LogP contribution in [-0.4, -0.2) is 36.5 Å². The summed E-state index contributed by atoms with van der Waals surface area (Å²) in [5.41, 5.74) is 2.64.